The molecule has 2 N–H and O–H groups in total. The quantitative estimate of drug-likeness (QED) is 0.786. The summed E-state index contributed by atoms with van der Waals surface area (Å²) in [5.74, 6) is 0.516. The zero-order valence-corrected chi connectivity index (χ0v) is 10.9. The average molecular weight is 241 g/mol. The maximum Gasteiger partial charge on any atom is 0.0499 e. The highest BCUT2D eigenvalue weighted by Crippen LogP contribution is 2.37. The van der Waals surface area contributed by atoms with Crippen molar-refractivity contribution in [2.45, 2.75) is 44.9 Å². The van der Waals surface area contributed by atoms with Gasteiger partial charge in [-0.25, -0.2) is 0 Å². The van der Waals surface area contributed by atoms with Gasteiger partial charge in [-0.1, -0.05) is 19.3 Å². The van der Waals surface area contributed by atoms with Gasteiger partial charge in [0, 0.05) is 25.2 Å². The van der Waals surface area contributed by atoms with E-state index >= 15 is 0 Å². The van der Waals surface area contributed by atoms with Gasteiger partial charge < -0.3 is 15.1 Å². The first-order valence-corrected chi connectivity index (χ1v) is 7.22. The molecule has 2 aliphatic rings. The molecule has 3 heteroatoms. The predicted octanol–water partition coefficient (Wildman–Crippen LogP) is 1.63. The van der Waals surface area contributed by atoms with Crippen molar-refractivity contribution in [3.05, 3.63) is 0 Å². The number of aliphatic hydroxyl groups is 2. The van der Waals surface area contributed by atoms with E-state index in [1.807, 2.05) is 0 Å². The van der Waals surface area contributed by atoms with Crippen LogP contribution in [0.15, 0.2) is 0 Å². The van der Waals surface area contributed by atoms with Gasteiger partial charge in [0.25, 0.3) is 0 Å². The van der Waals surface area contributed by atoms with E-state index in [0.29, 0.717) is 19.1 Å². The van der Waals surface area contributed by atoms with Crippen LogP contribution in [0, 0.1) is 11.3 Å². The second-order valence-corrected chi connectivity index (χ2v) is 6.12. The van der Waals surface area contributed by atoms with Crippen LogP contribution in [0.1, 0.15) is 44.9 Å². The second kappa shape index (κ2) is 6.17. The van der Waals surface area contributed by atoms with Crippen molar-refractivity contribution in [2.24, 2.45) is 11.3 Å². The Labute approximate surface area is 105 Å². The minimum atomic E-state index is 0.185. The summed E-state index contributed by atoms with van der Waals surface area (Å²) in [6.07, 6.45) is 8.55. The van der Waals surface area contributed by atoms with Crippen LogP contribution >= 0.6 is 0 Å². The summed E-state index contributed by atoms with van der Waals surface area (Å²) in [6, 6.07) is 0. The van der Waals surface area contributed by atoms with Crippen molar-refractivity contribution in [1.82, 2.24) is 4.90 Å². The molecule has 2 fully saturated rings. The van der Waals surface area contributed by atoms with Gasteiger partial charge in [0.1, 0.15) is 0 Å². The van der Waals surface area contributed by atoms with Crippen molar-refractivity contribution in [3.63, 3.8) is 0 Å². The fourth-order valence-corrected chi connectivity index (χ4v) is 3.47. The summed E-state index contributed by atoms with van der Waals surface area (Å²) in [5.41, 5.74) is 0.185. The Morgan fingerprint density at radius 1 is 1.00 bits per heavy atom. The van der Waals surface area contributed by atoms with E-state index in [1.54, 1.807) is 0 Å². The molecule has 0 aromatic rings. The van der Waals surface area contributed by atoms with E-state index in [0.717, 1.165) is 32.5 Å². The zero-order chi connectivity index (χ0) is 12.1. The van der Waals surface area contributed by atoms with Gasteiger partial charge in [0.15, 0.2) is 0 Å². The van der Waals surface area contributed by atoms with E-state index in [1.165, 1.54) is 32.1 Å². The second-order valence-electron chi connectivity index (χ2n) is 6.12. The minimum Gasteiger partial charge on any atom is -0.396 e. The minimum absolute atomic E-state index is 0.185. The Bertz CT molecular complexity index is 218. The van der Waals surface area contributed by atoms with E-state index < -0.39 is 0 Å². The molecule has 0 aromatic heterocycles. The van der Waals surface area contributed by atoms with Crippen molar-refractivity contribution < 1.29 is 10.2 Å². The molecule has 0 atom stereocenters. The highest BCUT2D eigenvalue weighted by molar-refractivity contribution is 4.86. The van der Waals surface area contributed by atoms with Gasteiger partial charge in [0.05, 0.1) is 0 Å². The number of likely N-dealkylation sites (tertiary alicyclic amines) is 1. The molecule has 0 unspecified atom stereocenters. The van der Waals surface area contributed by atoms with Crippen LogP contribution in [-0.2, 0) is 0 Å². The molecule has 0 bridgehead atoms. The first-order valence-electron chi connectivity index (χ1n) is 7.22. The Morgan fingerprint density at radius 3 is 2.18 bits per heavy atom. The molecule has 1 heterocycles. The number of aliphatic hydroxyl groups excluding tert-OH is 2. The third-order valence-corrected chi connectivity index (χ3v) is 4.77. The van der Waals surface area contributed by atoms with Gasteiger partial charge in [-0.2, -0.15) is 0 Å². The van der Waals surface area contributed by atoms with Crippen LogP contribution in [-0.4, -0.2) is 48.0 Å². The summed E-state index contributed by atoms with van der Waals surface area (Å²) >= 11 is 0. The number of piperidine rings is 1. The lowest BCUT2D eigenvalue weighted by Crippen LogP contribution is -2.45. The Kier molecular flexibility index (Phi) is 4.83. The topological polar surface area (TPSA) is 43.7 Å². The van der Waals surface area contributed by atoms with E-state index in [2.05, 4.69) is 4.90 Å². The predicted molar refractivity (Wildman–Crippen MR) is 68.9 cm³/mol. The van der Waals surface area contributed by atoms with Gasteiger partial charge in [0.2, 0.25) is 0 Å². The first-order chi connectivity index (χ1) is 8.28. The lowest BCUT2D eigenvalue weighted by Gasteiger charge is -2.42. The fourth-order valence-electron chi connectivity index (χ4n) is 3.47. The number of hydrogen-bond donors (Lipinski definition) is 2. The monoisotopic (exact) mass is 241 g/mol. The van der Waals surface area contributed by atoms with Crippen LogP contribution < -0.4 is 0 Å². The van der Waals surface area contributed by atoms with Crippen LogP contribution in [0.3, 0.4) is 0 Å². The lowest BCUT2D eigenvalue weighted by atomic mass is 9.74. The zero-order valence-electron chi connectivity index (χ0n) is 10.9. The molecular weight excluding hydrogens is 214 g/mol. The van der Waals surface area contributed by atoms with Crippen LogP contribution in [0.4, 0.5) is 0 Å². The standard InChI is InChI=1S/C14H27NO2/c16-10-13-4-8-15(9-5-13)11-14(12-17)6-2-1-3-7-14/h13,16-17H,1-12H2. The molecule has 3 nitrogen and oxygen atoms in total. The first kappa shape index (κ1) is 13.3. The van der Waals surface area contributed by atoms with Crippen LogP contribution in [0.5, 0.6) is 0 Å². The SMILES string of the molecule is OCC1CCN(CC2(CO)CCCCC2)CC1. The summed E-state index contributed by atoms with van der Waals surface area (Å²) < 4.78 is 0. The third-order valence-electron chi connectivity index (χ3n) is 4.77. The number of hydrogen-bond acceptors (Lipinski definition) is 3. The number of rotatable bonds is 4. The van der Waals surface area contributed by atoms with Crippen LogP contribution in [0.2, 0.25) is 0 Å². The highest BCUT2D eigenvalue weighted by Gasteiger charge is 2.34. The molecule has 17 heavy (non-hydrogen) atoms. The Balaban J connectivity index is 1.82. The van der Waals surface area contributed by atoms with E-state index in [9.17, 15) is 5.11 Å². The molecule has 1 aliphatic heterocycles. The number of nitrogens with zero attached hydrogens (tertiary/aromatic N) is 1. The summed E-state index contributed by atoms with van der Waals surface area (Å²) in [5, 5.41) is 18.8. The lowest BCUT2D eigenvalue weighted by molar-refractivity contribution is 0.0241. The summed E-state index contributed by atoms with van der Waals surface area (Å²) in [7, 11) is 0. The maximum atomic E-state index is 9.70. The third kappa shape index (κ3) is 3.43. The molecule has 1 aliphatic carbocycles. The molecule has 1 saturated heterocycles. The van der Waals surface area contributed by atoms with Crippen molar-refractivity contribution in [3.8, 4) is 0 Å². The van der Waals surface area contributed by atoms with E-state index in [4.69, 9.17) is 5.11 Å². The molecular formula is C14H27NO2. The highest BCUT2D eigenvalue weighted by atomic mass is 16.3. The molecule has 0 spiro atoms. The smallest absolute Gasteiger partial charge is 0.0499 e. The van der Waals surface area contributed by atoms with Gasteiger partial charge in [-0.15, -0.1) is 0 Å². The molecule has 2 rings (SSSR count). The Morgan fingerprint density at radius 2 is 1.65 bits per heavy atom. The van der Waals surface area contributed by atoms with Crippen molar-refractivity contribution in [1.29, 1.82) is 0 Å². The molecule has 0 amide bonds. The molecule has 1 saturated carbocycles. The summed E-state index contributed by atoms with van der Waals surface area (Å²) in [4.78, 5) is 2.51. The summed E-state index contributed by atoms with van der Waals surface area (Å²) in [6.45, 7) is 3.98. The van der Waals surface area contributed by atoms with Gasteiger partial charge in [-0.05, 0) is 44.7 Å². The molecule has 100 valence electrons. The van der Waals surface area contributed by atoms with Gasteiger partial charge in [-0.3, -0.25) is 0 Å². The van der Waals surface area contributed by atoms with Gasteiger partial charge >= 0.3 is 0 Å². The molecule has 0 aromatic carbocycles. The Hall–Kier alpha value is -0.120. The van der Waals surface area contributed by atoms with Crippen molar-refractivity contribution in [2.75, 3.05) is 32.8 Å². The largest absolute Gasteiger partial charge is 0.396 e. The maximum absolute atomic E-state index is 9.70. The fraction of sp³-hybridized carbons (Fsp3) is 1.00. The van der Waals surface area contributed by atoms with E-state index in [-0.39, 0.29) is 5.41 Å². The van der Waals surface area contributed by atoms with Crippen LogP contribution in [0.25, 0.3) is 0 Å². The molecule has 0 radical (unpaired) electrons. The normalized spacial score (nSPS) is 27.2. The average Bonchev–Trinajstić information content (AvgIpc) is 2.41. The van der Waals surface area contributed by atoms with Crippen molar-refractivity contribution >= 4 is 0 Å².